The Balaban J connectivity index is 3.53. The van der Waals surface area contributed by atoms with E-state index in [2.05, 4.69) is 26.2 Å². The highest BCUT2D eigenvalue weighted by Gasteiger charge is 2.11. The second-order valence-corrected chi connectivity index (χ2v) is 11.3. The zero-order chi connectivity index (χ0) is 14.0. The lowest BCUT2D eigenvalue weighted by Crippen LogP contribution is -2.22. The van der Waals surface area contributed by atoms with Gasteiger partial charge in [-0.05, 0) is 19.4 Å². The fourth-order valence-electron chi connectivity index (χ4n) is 1.15. The minimum Gasteiger partial charge on any atom is -0.389 e. The standard InChI is InChI=1S/C14H28O3Si/c1-6-14(15)9-7-8-13(2)17-12-16-10-11-18(3,4)5/h6-8,13-15H,1,9-12H2,2-5H3/b8-7-/t13-,14-/m1/s1. The maximum atomic E-state index is 9.26. The monoisotopic (exact) mass is 272 g/mol. The Morgan fingerprint density at radius 3 is 2.56 bits per heavy atom. The topological polar surface area (TPSA) is 38.7 Å². The second kappa shape index (κ2) is 9.50. The minimum atomic E-state index is -1.00. The van der Waals surface area contributed by atoms with Gasteiger partial charge in [0.25, 0.3) is 0 Å². The lowest BCUT2D eigenvalue weighted by atomic mass is 10.2. The van der Waals surface area contributed by atoms with Crippen molar-refractivity contribution < 1.29 is 14.6 Å². The molecule has 0 heterocycles. The van der Waals surface area contributed by atoms with E-state index in [9.17, 15) is 5.11 Å². The molecule has 0 aliphatic heterocycles. The Labute approximate surface area is 113 Å². The van der Waals surface area contributed by atoms with Crippen LogP contribution in [-0.2, 0) is 9.47 Å². The Hall–Kier alpha value is -0.423. The van der Waals surface area contributed by atoms with E-state index in [1.165, 1.54) is 6.08 Å². The van der Waals surface area contributed by atoms with Crippen molar-refractivity contribution in [2.75, 3.05) is 13.4 Å². The summed E-state index contributed by atoms with van der Waals surface area (Å²) in [6.07, 6.45) is 5.46. The van der Waals surface area contributed by atoms with Gasteiger partial charge in [0, 0.05) is 14.7 Å². The van der Waals surface area contributed by atoms with Crippen LogP contribution in [0.2, 0.25) is 25.7 Å². The highest BCUT2D eigenvalue weighted by molar-refractivity contribution is 6.76. The molecule has 0 aliphatic rings. The smallest absolute Gasteiger partial charge is 0.147 e. The molecule has 0 aromatic heterocycles. The molecule has 0 aromatic carbocycles. The van der Waals surface area contributed by atoms with E-state index in [0.29, 0.717) is 13.2 Å². The van der Waals surface area contributed by atoms with Gasteiger partial charge in [0.1, 0.15) is 6.79 Å². The molecule has 2 atom stereocenters. The van der Waals surface area contributed by atoms with Crippen LogP contribution in [0.1, 0.15) is 13.3 Å². The summed E-state index contributed by atoms with van der Waals surface area (Å²) in [4.78, 5) is 0. The SMILES string of the molecule is C=C[C@@H](O)C/C=C\[C@@H](C)OCOCC[Si](C)(C)C. The van der Waals surface area contributed by atoms with Gasteiger partial charge in [-0.2, -0.15) is 0 Å². The van der Waals surface area contributed by atoms with Crippen LogP contribution < -0.4 is 0 Å². The molecule has 0 aliphatic carbocycles. The predicted molar refractivity (Wildman–Crippen MR) is 79.5 cm³/mol. The molecule has 0 radical (unpaired) electrons. The first kappa shape index (κ1) is 17.6. The molecule has 0 fully saturated rings. The van der Waals surface area contributed by atoms with Gasteiger partial charge in [-0.3, -0.25) is 0 Å². The van der Waals surface area contributed by atoms with Crippen LogP contribution in [0.15, 0.2) is 24.8 Å². The van der Waals surface area contributed by atoms with Crippen LogP contribution in [0.25, 0.3) is 0 Å². The summed E-state index contributed by atoms with van der Waals surface area (Å²) in [7, 11) is -1.00. The highest BCUT2D eigenvalue weighted by Crippen LogP contribution is 2.07. The Bertz CT molecular complexity index is 246. The first-order valence-corrected chi connectivity index (χ1v) is 10.2. The summed E-state index contributed by atoms with van der Waals surface area (Å²) in [6, 6.07) is 1.16. The van der Waals surface area contributed by atoms with Crippen molar-refractivity contribution in [2.45, 2.75) is 51.2 Å². The van der Waals surface area contributed by atoms with E-state index < -0.39 is 14.2 Å². The van der Waals surface area contributed by atoms with Crippen molar-refractivity contribution in [2.24, 2.45) is 0 Å². The average molecular weight is 272 g/mol. The van der Waals surface area contributed by atoms with Crippen molar-refractivity contribution in [1.82, 2.24) is 0 Å². The van der Waals surface area contributed by atoms with Crippen molar-refractivity contribution in [3.05, 3.63) is 24.8 Å². The van der Waals surface area contributed by atoms with Gasteiger partial charge in [0.2, 0.25) is 0 Å². The third kappa shape index (κ3) is 12.0. The van der Waals surface area contributed by atoms with Crippen molar-refractivity contribution in [3.63, 3.8) is 0 Å². The summed E-state index contributed by atoms with van der Waals surface area (Å²) in [5.41, 5.74) is 0. The molecule has 18 heavy (non-hydrogen) atoms. The van der Waals surface area contributed by atoms with Gasteiger partial charge >= 0.3 is 0 Å². The van der Waals surface area contributed by atoms with E-state index in [1.54, 1.807) is 0 Å². The summed E-state index contributed by atoms with van der Waals surface area (Å²) in [5, 5.41) is 9.26. The van der Waals surface area contributed by atoms with Gasteiger partial charge in [0.15, 0.2) is 0 Å². The zero-order valence-electron chi connectivity index (χ0n) is 12.2. The molecule has 0 unspecified atom stereocenters. The lowest BCUT2D eigenvalue weighted by Gasteiger charge is -2.16. The third-order valence-corrected chi connectivity index (χ3v) is 4.17. The van der Waals surface area contributed by atoms with Crippen LogP contribution in [-0.4, -0.2) is 38.8 Å². The molecule has 106 valence electrons. The van der Waals surface area contributed by atoms with E-state index in [-0.39, 0.29) is 6.10 Å². The molecule has 0 bridgehead atoms. The molecule has 3 nitrogen and oxygen atoms in total. The molecule has 0 spiro atoms. The van der Waals surface area contributed by atoms with E-state index in [4.69, 9.17) is 9.47 Å². The van der Waals surface area contributed by atoms with Crippen LogP contribution in [0.4, 0.5) is 0 Å². The summed E-state index contributed by atoms with van der Waals surface area (Å²) in [5.74, 6) is 0. The molecule has 0 aromatic rings. The maximum absolute atomic E-state index is 9.26. The first-order chi connectivity index (χ1) is 8.35. The lowest BCUT2D eigenvalue weighted by molar-refractivity contribution is -0.0665. The molecule has 0 amide bonds. The van der Waals surface area contributed by atoms with Gasteiger partial charge in [-0.25, -0.2) is 0 Å². The molecule has 0 rings (SSSR count). The highest BCUT2D eigenvalue weighted by atomic mass is 28.3. The molecule has 1 N–H and O–H groups in total. The van der Waals surface area contributed by atoms with Crippen molar-refractivity contribution in [3.8, 4) is 0 Å². The fraction of sp³-hybridized carbons (Fsp3) is 0.714. The largest absolute Gasteiger partial charge is 0.389 e. The first-order valence-electron chi connectivity index (χ1n) is 6.52. The minimum absolute atomic E-state index is 0.00824. The quantitative estimate of drug-likeness (QED) is 0.287. The summed E-state index contributed by atoms with van der Waals surface area (Å²) < 4.78 is 10.9. The van der Waals surface area contributed by atoms with Gasteiger partial charge in [0.05, 0.1) is 12.2 Å². The van der Waals surface area contributed by atoms with Crippen LogP contribution in [0.5, 0.6) is 0 Å². The summed E-state index contributed by atoms with van der Waals surface area (Å²) >= 11 is 0. The van der Waals surface area contributed by atoms with E-state index in [0.717, 1.165) is 12.7 Å². The Morgan fingerprint density at radius 2 is 2.00 bits per heavy atom. The second-order valence-electron chi connectivity index (χ2n) is 5.68. The van der Waals surface area contributed by atoms with E-state index >= 15 is 0 Å². The molecular weight excluding hydrogens is 244 g/mol. The van der Waals surface area contributed by atoms with Crippen LogP contribution in [0, 0.1) is 0 Å². The third-order valence-electron chi connectivity index (χ3n) is 2.47. The number of hydrogen-bond acceptors (Lipinski definition) is 3. The Morgan fingerprint density at radius 1 is 1.33 bits per heavy atom. The molecule has 4 heteroatoms. The Kier molecular flexibility index (Phi) is 9.28. The van der Waals surface area contributed by atoms with Crippen LogP contribution in [0.3, 0.4) is 0 Å². The normalized spacial score (nSPS) is 15.8. The van der Waals surface area contributed by atoms with Gasteiger partial charge < -0.3 is 14.6 Å². The van der Waals surface area contributed by atoms with Crippen molar-refractivity contribution >= 4 is 8.07 Å². The number of rotatable bonds is 10. The number of ether oxygens (including phenoxy) is 2. The number of aliphatic hydroxyl groups is 1. The molecular formula is C14H28O3Si. The number of aliphatic hydroxyl groups excluding tert-OH is 1. The molecule has 0 saturated heterocycles. The average Bonchev–Trinajstić information content (AvgIpc) is 2.26. The van der Waals surface area contributed by atoms with E-state index in [1.807, 2.05) is 19.1 Å². The number of hydrogen-bond donors (Lipinski definition) is 1. The van der Waals surface area contributed by atoms with Gasteiger partial charge in [-0.1, -0.05) is 37.9 Å². The predicted octanol–water partition coefficient (Wildman–Crippen LogP) is 3.20. The maximum Gasteiger partial charge on any atom is 0.147 e. The van der Waals surface area contributed by atoms with Crippen molar-refractivity contribution in [1.29, 1.82) is 0 Å². The zero-order valence-corrected chi connectivity index (χ0v) is 13.2. The summed E-state index contributed by atoms with van der Waals surface area (Å²) in [6.45, 7) is 13.6. The molecule has 0 saturated carbocycles. The van der Waals surface area contributed by atoms with Crippen LogP contribution >= 0.6 is 0 Å². The van der Waals surface area contributed by atoms with Gasteiger partial charge in [-0.15, -0.1) is 6.58 Å². The fourth-order valence-corrected chi connectivity index (χ4v) is 1.91.